The Labute approximate surface area is 141 Å². The molecule has 1 heterocycles. The van der Waals surface area contributed by atoms with E-state index in [1.54, 1.807) is 0 Å². The Morgan fingerprint density at radius 1 is 0.957 bits per heavy atom. The minimum atomic E-state index is -0.714. The second kappa shape index (κ2) is 13.1. The first-order valence-electron chi connectivity index (χ1n) is 9.06. The number of hydrogen-bond donors (Lipinski definition) is 1. The van der Waals surface area contributed by atoms with Gasteiger partial charge in [0.25, 0.3) is 0 Å². The maximum absolute atomic E-state index is 10.3. The normalized spacial score (nSPS) is 20.9. The first kappa shape index (κ1) is 19.7. The predicted octanol–water partition coefficient (Wildman–Crippen LogP) is 5.43. The van der Waals surface area contributed by atoms with E-state index in [0.717, 1.165) is 32.1 Å². The van der Waals surface area contributed by atoms with Gasteiger partial charge in [0, 0.05) is 6.42 Å². The van der Waals surface area contributed by atoms with Crippen molar-refractivity contribution in [1.82, 2.24) is 0 Å². The number of ether oxygens (including phenoxy) is 1. The summed E-state index contributed by atoms with van der Waals surface area (Å²) < 4.78 is 5.66. The molecule has 1 rings (SSSR count). The third-order valence-electron chi connectivity index (χ3n) is 3.95. The van der Waals surface area contributed by atoms with Crippen molar-refractivity contribution in [3.63, 3.8) is 0 Å². The van der Waals surface area contributed by atoms with E-state index in [9.17, 15) is 4.79 Å². The number of unbranched alkanes of at least 4 members (excludes halogenated alkanes) is 3. The smallest absolute Gasteiger partial charge is 0.303 e. The lowest BCUT2D eigenvalue weighted by Crippen LogP contribution is -1.92. The molecule has 1 saturated heterocycles. The molecule has 0 aromatic heterocycles. The van der Waals surface area contributed by atoms with Gasteiger partial charge in [-0.3, -0.25) is 4.79 Å². The van der Waals surface area contributed by atoms with Gasteiger partial charge in [0.2, 0.25) is 0 Å². The van der Waals surface area contributed by atoms with Gasteiger partial charge in [-0.2, -0.15) is 0 Å². The van der Waals surface area contributed by atoms with Crippen molar-refractivity contribution in [1.29, 1.82) is 0 Å². The fraction of sp³-hybridized carbons (Fsp3) is 0.650. The molecular weight excluding hydrogens is 288 g/mol. The molecule has 23 heavy (non-hydrogen) atoms. The van der Waals surface area contributed by atoms with E-state index in [1.807, 2.05) is 0 Å². The molecule has 0 unspecified atom stereocenters. The summed E-state index contributed by atoms with van der Waals surface area (Å²) in [6, 6.07) is 0. The van der Waals surface area contributed by atoms with Crippen LogP contribution in [0.1, 0.15) is 71.1 Å². The molecule has 0 aromatic rings. The van der Waals surface area contributed by atoms with Crippen LogP contribution in [0.25, 0.3) is 0 Å². The van der Waals surface area contributed by atoms with Gasteiger partial charge in [0.1, 0.15) is 0 Å². The Balaban J connectivity index is 1.90. The molecule has 1 fully saturated rings. The zero-order chi connectivity index (χ0) is 16.8. The highest BCUT2D eigenvalue weighted by Gasteiger charge is 2.36. The van der Waals surface area contributed by atoms with E-state index in [-0.39, 0.29) is 6.42 Å². The largest absolute Gasteiger partial charge is 0.481 e. The number of epoxide rings is 1. The molecule has 3 heteroatoms. The maximum Gasteiger partial charge on any atom is 0.303 e. The summed E-state index contributed by atoms with van der Waals surface area (Å²) in [5.41, 5.74) is 0. The second-order valence-corrected chi connectivity index (χ2v) is 6.12. The van der Waals surface area contributed by atoms with Gasteiger partial charge >= 0.3 is 5.97 Å². The molecule has 0 aliphatic carbocycles. The minimum absolute atomic E-state index is 0.259. The van der Waals surface area contributed by atoms with Crippen LogP contribution in [0.4, 0.5) is 0 Å². The lowest BCUT2D eigenvalue weighted by atomic mass is 10.1. The van der Waals surface area contributed by atoms with E-state index in [0.29, 0.717) is 12.2 Å². The van der Waals surface area contributed by atoms with E-state index in [1.165, 1.54) is 25.7 Å². The minimum Gasteiger partial charge on any atom is -0.481 e. The summed E-state index contributed by atoms with van der Waals surface area (Å²) in [6.07, 6.45) is 23.8. The molecule has 130 valence electrons. The molecule has 1 aliphatic heterocycles. The first-order chi connectivity index (χ1) is 11.2. The van der Waals surface area contributed by atoms with Gasteiger partial charge in [-0.15, -0.1) is 0 Å². The molecular formula is C20H32O3. The number of carboxylic acids is 1. The first-order valence-corrected chi connectivity index (χ1v) is 9.06. The van der Waals surface area contributed by atoms with Crippen LogP contribution in [0.3, 0.4) is 0 Å². The van der Waals surface area contributed by atoms with Gasteiger partial charge in [-0.25, -0.2) is 0 Å². The fourth-order valence-electron chi connectivity index (χ4n) is 2.50. The van der Waals surface area contributed by atoms with Crippen molar-refractivity contribution in [2.45, 2.75) is 83.3 Å². The van der Waals surface area contributed by atoms with Crippen molar-refractivity contribution >= 4 is 5.97 Å². The van der Waals surface area contributed by atoms with E-state index in [4.69, 9.17) is 9.84 Å². The summed E-state index contributed by atoms with van der Waals surface area (Å²) in [6.45, 7) is 2.23. The Bertz CT molecular complexity index is 396. The molecule has 0 spiro atoms. The highest BCUT2D eigenvalue weighted by atomic mass is 16.6. The van der Waals surface area contributed by atoms with Crippen molar-refractivity contribution in [2.24, 2.45) is 0 Å². The summed E-state index contributed by atoms with van der Waals surface area (Å²) in [4.78, 5) is 10.3. The third kappa shape index (κ3) is 11.8. The standard InChI is InChI=1S/C20H32O3/c1-2-3-12-15-18-19(23-18)16-13-10-8-6-4-5-7-9-11-14-17-20(21)22/h4,6-7,9-10,13,18-19H,2-3,5,8,11-12,14-17H2,1H3,(H,21,22)/b6-4+,9-7-,13-10+/t18-,19+/m0/s1. The quantitative estimate of drug-likeness (QED) is 0.264. The van der Waals surface area contributed by atoms with Crippen LogP contribution >= 0.6 is 0 Å². The zero-order valence-corrected chi connectivity index (χ0v) is 14.5. The molecule has 2 atom stereocenters. The molecule has 1 aliphatic rings. The van der Waals surface area contributed by atoms with E-state index in [2.05, 4.69) is 43.4 Å². The van der Waals surface area contributed by atoms with Crippen LogP contribution in [-0.2, 0) is 9.53 Å². The van der Waals surface area contributed by atoms with Crippen molar-refractivity contribution in [3.8, 4) is 0 Å². The average Bonchev–Trinajstić information content (AvgIpc) is 3.27. The Morgan fingerprint density at radius 3 is 2.35 bits per heavy atom. The molecule has 3 nitrogen and oxygen atoms in total. The number of carbonyl (C=O) groups is 1. The molecule has 0 amide bonds. The van der Waals surface area contributed by atoms with Gasteiger partial charge in [0.05, 0.1) is 12.2 Å². The van der Waals surface area contributed by atoms with Crippen LogP contribution < -0.4 is 0 Å². The van der Waals surface area contributed by atoms with Crippen molar-refractivity contribution < 1.29 is 14.6 Å². The highest BCUT2D eigenvalue weighted by Crippen LogP contribution is 2.30. The fourth-order valence-corrected chi connectivity index (χ4v) is 2.50. The van der Waals surface area contributed by atoms with Crippen molar-refractivity contribution in [3.05, 3.63) is 36.5 Å². The summed E-state index contributed by atoms with van der Waals surface area (Å²) >= 11 is 0. The number of aliphatic carboxylic acids is 1. The van der Waals surface area contributed by atoms with E-state index >= 15 is 0 Å². The molecule has 0 bridgehead atoms. The monoisotopic (exact) mass is 320 g/mol. The average molecular weight is 320 g/mol. The summed E-state index contributed by atoms with van der Waals surface area (Å²) in [5, 5.41) is 8.51. The summed E-state index contributed by atoms with van der Waals surface area (Å²) in [7, 11) is 0. The third-order valence-corrected chi connectivity index (χ3v) is 3.95. The Hall–Kier alpha value is -1.35. The van der Waals surface area contributed by atoms with Crippen LogP contribution in [0.5, 0.6) is 0 Å². The number of allylic oxidation sites excluding steroid dienone is 5. The van der Waals surface area contributed by atoms with Gasteiger partial charge < -0.3 is 9.84 Å². The predicted molar refractivity (Wildman–Crippen MR) is 95.6 cm³/mol. The Morgan fingerprint density at radius 2 is 1.65 bits per heavy atom. The molecule has 0 radical (unpaired) electrons. The van der Waals surface area contributed by atoms with Crippen LogP contribution in [0.2, 0.25) is 0 Å². The highest BCUT2D eigenvalue weighted by molar-refractivity contribution is 5.66. The topological polar surface area (TPSA) is 49.8 Å². The number of carboxylic acid groups (broad SMARTS) is 1. The van der Waals surface area contributed by atoms with Gasteiger partial charge in [-0.1, -0.05) is 62.6 Å². The molecule has 1 N–H and O–H groups in total. The molecule has 0 aromatic carbocycles. The van der Waals surface area contributed by atoms with Crippen LogP contribution in [0.15, 0.2) is 36.5 Å². The van der Waals surface area contributed by atoms with E-state index < -0.39 is 5.97 Å². The van der Waals surface area contributed by atoms with Crippen LogP contribution in [0, 0.1) is 0 Å². The number of rotatable bonds is 14. The Kier molecular flexibility index (Phi) is 11.2. The number of hydrogen-bond acceptors (Lipinski definition) is 2. The lowest BCUT2D eigenvalue weighted by molar-refractivity contribution is -0.137. The summed E-state index contributed by atoms with van der Waals surface area (Å²) in [5.74, 6) is -0.714. The lowest BCUT2D eigenvalue weighted by Gasteiger charge is -1.93. The second-order valence-electron chi connectivity index (χ2n) is 6.12. The van der Waals surface area contributed by atoms with Gasteiger partial charge in [0.15, 0.2) is 0 Å². The maximum atomic E-state index is 10.3. The van der Waals surface area contributed by atoms with Crippen molar-refractivity contribution in [2.75, 3.05) is 0 Å². The van der Waals surface area contributed by atoms with Gasteiger partial charge in [-0.05, 0) is 38.5 Å². The SMILES string of the molecule is CCCCC[C@@H]1O[C@@H]1C/C=C/C/C=C/C/C=C\CCCC(=O)O. The molecule has 0 saturated carbocycles. The van der Waals surface area contributed by atoms with Crippen LogP contribution in [-0.4, -0.2) is 23.3 Å². The zero-order valence-electron chi connectivity index (χ0n) is 14.5.